The van der Waals surface area contributed by atoms with Crippen molar-refractivity contribution in [3.05, 3.63) is 53.1 Å². The van der Waals surface area contributed by atoms with Gasteiger partial charge in [-0.15, -0.1) is 0 Å². The third-order valence-corrected chi connectivity index (χ3v) is 4.12. The minimum Gasteiger partial charge on any atom is -0.381 e. The SMILES string of the molecule is O=C(NC1CCOCC1)c1ccc(-c2c(F)cccc2Cl)cn1. The smallest absolute Gasteiger partial charge is 0.270 e. The Morgan fingerprint density at radius 2 is 2.04 bits per heavy atom. The number of nitrogens with zero attached hydrogens (tertiary/aromatic N) is 1. The fourth-order valence-corrected chi connectivity index (χ4v) is 2.82. The average molecular weight is 335 g/mol. The van der Waals surface area contributed by atoms with Crippen LogP contribution in [-0.4, -0.2) is 30.1 Å². The number of hydrogen-bond acceptors (Lipinski definition) is 3. The van der Waals surface area contributed by atoms with E-state index in [1.807, 2.05) is 0 Å². The lowest BCUT2D eigenvalue weighted by Crippen LogP contribution is -2.39. The molecule has 1 amide bonds. The van der Waals surface area contributed by atoms with E-state index in [0.29, 0.717) is 29.5 Å². The highest BCUT2D eigenvalue weighted by Gasteiger charge is 2.18. The molecule has 1 aliphatic rings. The minimum atomic E-state index is -0.418. The van der Waals surface area contributed by atoms with Gasteiger partial charge >= 0.3 is 0 Å². The van der Waals surface area contributed by atoms with Crippen LogP contribution in [0.2, 0.25) is 5.02 Å². The zero-order chi connectivity index (χ0) is 16.2. The zero-order valence-electron chi connectivity index (χ0n) is 12.4. The van der Waals surface area contributed by atoms with E-state index in [1.54, 1.807) is 24.3 Å². The number of carbonyl (C=O) groups excluding carboxylic acids is 1. The van der Waals surface area contributed by atoms with Crippen LogP contribution >= 0.6 is 11.6 Å². The maximum atomic E-state index is 13.9. The van der Waals surface area contributed by atoms with Gasteiger partial charge in [0.1, 0.15) is 11.5 Å². The predicted molar refractivity (Wildman–Crippen MR) is 85.9 cm³/mol. The Labute approximate surface area is 138 Å². The Balaban J connectivity index is 1.75. The van der Waals surface area contributed by atoms with Crippen molar-refractivity contribution in [2.45, 2.75) is 18.9 Å². The molecule has 1 aliphatic heterocycles. The molecule has 1 N–H and O–H groups in total. The fraction of sp³-hybridized carbons (Fsp3) is 0.294. The summed E-state index contributed by atoms with van der Waals surface area (Å²) in [5.74, 6) is -0.651. The summed E-state index contributed by atoms with van der Waals surface area (Å²) in [6.45, 7) is 1.31. The van der Waals surface area contributed by atoms with Gasteiger partial charge in [-0.05, 0) is 31.0 Å². The van der Waals surface area contributed by atoms with Crippen molar-refractivity contribution in [3.8, 4) is 11.1 Å². The van der Waals surface area contributed by atoms with Crippen molar-refractivity contribution in [2.75, 3.05) is 13.2 Å². The van der Waals surface area contributed by atoms with E-state index < -0.39 is 5.82 Å². The van der Waals surface area contributed by atoms with Gasteiger partial charge in [-0.1, -0.05) is 23.7 Å². The normalized spacial score (nSPS) is 15.4. The summed E-state index contributed by atoms with van der Waals surface area (Å²) in [4.78, 5) is 16.3. The van der Waals surface area contributed by atoms with E-state index in [1.165, 1.54) is 12.3 Å². The molecule has 6 heteroatoms. The molecule has 120 valence electrons. The van der Waals surface area contributed by atoms with Crippen LogP contribution in [0.25, 0.3) is 11.1 Å². The lowest BCUT2D eigenvalue weighted by molar-refractivity contribution is 0.0694. The molecule has 4 nitrogen and oxygen atoms in total. The van der Waals surface area contributed by atoms with Crippen molar-refractivity contribution >= 4 is 17.5 Å². The van der Waals surface area contributed by atoms with Gasteiger partial charge < -0.3 is 10.1 Å². The van der Waals surface area contributed by atoms with Crippen LogP contribution < -0.4 is 5.32 Å². The molecular formula is C17H16ClFN2O2. The molecule has 0 unspecified atom stereocenters. The van der Waals surface area contributed by atoms with Crippen molar-refractivity contribution in [3.63, 3.8) is 0 Å². The number of hydrogen-bond donors (Lipinski definition) is 1. The van der Waals surface area contributed by atoms with Crippen LogP contribution in [-0.2, 0) is 4.74 Å². The molecule has 2 aromatic rings. The van der Waals surface area contributed by atoms with Crippen molar-refractivity contribution in [2.24, 2.45) is 0 Å². The first-order valence-electron chi connectivity index (χ1n) is 7.44. The lowest BCUT2D eigenvalue weighted by Gasteiger charge is -2.22. The van der Waals surface area contributed by atoms with Crippen LogP contribution in [0.3, 0.4) is 0 Å². The summed E-state index contributed by atoms with van der Waals surface area (Å²) in [6.07, 6.45) is 3.06. The minimum absolute atomic E-state index is 0.110. The first kappa shape index (κ1) is 15.9. The molecular weight excluding hydrogens is 319 g/mol. The van der Waals surface area contributed by atoms with E-state index in [0.717, 1.165) is 12.8 Å². The molecule has 1 fully saturated rings. The standard InChI is InChI=1S/C17H16ClFN2O2/c18-13-2-1-3-14(19)16(13)11-4-5-15(20-10-11)17(22)21-12-6-8-23-9-7-12/h1-5,10,12H,6-9H2,(H,21,22). The molecule has 1 saturated heterocycles. The third-order valence-electron chi connectivity index (χ3n) is 3.80. The van der Waals surface area contributed by atoms with Gasteiger partial charge in [-0.3, -0.25) is 9.78 Å². The molecule has 1 aromatic heterocycles. The molecule has 1 aromatic carbocycles. The highest BCUT2D eigenvalue weighted by molar-refractivity contribution is 6.33. The highest BCUT2D eigenvalue weighted by atomic mass is 35.5. The summed E-state index contributed by atoms with van der Waals surface area (Å²) in [7, 11) is 0. The number of pyridine rings is 1. The van der Waals surface area contributed by atoms with Gasteiger partial charge in [0.25, 0.3) is 5.91 Å². The molecule has 23 heavy (non-hydrogen) atoms. The van der Waals surface area contributed by atoms with Crippen LogP contribution in [0.15, 0.2) is 36.5 Å². The third kappa shape index (κ3) is 3.68. The Morgan fingerprint density at radius 3 is 2.70 bits per heavy atom. The Kier molecular flexibility index (Phi) is 4.88. The lowest BCUT2D eigenvalue weighted by atomic mass is 10.1. The second-order valence-electron chi connectivity index (χ2n) is 5.39. The average Bonchev–Trinajstić information content (AvgIpc) is 2.56. The molecule has 0 radical (unpaired) electrons. The number of benzene rings is 1. The molecule has 3 rings (SSSR count). The van der Waals surface area contributed by atoms with Gasteiger partial charge in [0.15, 0.2) is 0 Å². The fourth-order valence-electron chi connectivity index (χ4n) is 2.55. The first-order chi connectivity index (χ1) is 11.1. The van der Waals surface area contributed by atoms with Crippen molar-refractivity contribution in [1.82, 2.24) is 10.3 Å². The maximum absolute atomic E-state index is 13.9. The molecule has 2 heterocycles. The van der Waals surface area contributed by atoms with Crippen molar-refractivity contribution in [1.29, 1.82) is 0 Å². The van der Waals surface area contributed by atoms with E-state index in [4.69, 9.17) is 16.3 Å². The van der Waals surface area contributed by atoms with E-state index in [9.17, 15) is 9.18 Å². The van der Waals surface area contributed by atoms with Crippen LogP contribution in [0.5, 0.6) is 0 Å². The van der Waals surface area contributed by atoms with Crippen molar-refractivity contribution < 1.29 is 13.9 Å². The number of rotatable bonds is 3. The number of amides is 1. The largest absolute Gasteiger partial charge is 0.381 e. The van der Waals surface area contributed by atoms with Crippen LogP contribution in [0, 0.1) is 5.82 Å². The summed E-state index contributed by atoms with van der Waals surface area (Å²) in [6, 6.07) is 7.84. The van der Waals surface area contributed by atoms with Gasteiger partial charge in [-0.2, -0.15) is 0 Å². The van der Waals surface area contributed by atoms with Crippen LogP contribution in [0.1, 0.15) is 23.3 Å². The quantitative estimate of drug-likeness (QED) is 0.935. The Bertz CT molecular complexity index is 680. The monoisotopic (exact) mass is 334 g/mol. The Morgan fingerprint density at radius 1 is 1.26 bits per heavy atom. The first-order valence-corrected chi connectivity index (χ1v) is 7.82. The summed E-state index contributed by atoms with van der Waals surface area (Å²) in [5, 5.41) is 3.25. The molecule has 0 aliphatic carbocycles. The molecule has 0 bridgehead atoms. The number of carbonyl (C=O) groups is 1. The number of nitrogens with one attached hydrogen (secondary N) is 1. The highest BCUT2D eigenvalue weighted by Crippen LogP contribution is 2.29. The van der Waals surface area contributed by atoms with Gasteiger partial charge in [0, 0.05) is 36.6 Å². The maximum Gasteiger partial charge on any atom is 0.270 e. The zero-order valence-corrected chi connectivity index (χ0v) is 13.1. The predicted octanol–water partition coefficient (Wildman–Crippen LogP) is 3.45. The van der Waals surface area contributed by atoms with E-state index >= 15 is 0 Å². The number of halogens is 2. The van der Waals surface area contributed by atoms with Gasteiger partial charge in [0.05, 0.1) is 5.02 Å². The summed E-state index contributed by atoms with van der Waals surface area (Å²) >= 11 is 6.04. The molecule has 0 spiro atoms. The van der Waals surface area contributed by atoms with E-state index in [2.05, 4.69) is 10.3 Å². The number of ether oxygens (including phenoxy) is 1. The second-order valence-corrected chi connectivity index (χ2v) is 5.80. The summed E-state index contributed by atoms with van der Waals surface area (Å²) in [5.41, 5.74) is 1.13. The van der Waals surface area contributed by atoms with Crippen LogP contribution in [0.4, 0.5) is 4.39 Å². The molecule has 0 saturated carbocycles. The van der Waals surface area contributed by atoms with Gasteiger partial charge in [-0.25, -0.2) is 4.39 Å². The summed E-state index contributed by atoms with van der Waals surface area (Å²) < 4.78 is 19.2. The Hall–Kier alpha value is -1.98. The van der Waals surface area contributed by atoms with Gasteiger partial charge in [0.2, 0.25) is 0 Å². The second kappa shape index (κ2) is 7.06. The number of aromatic nitrogens is 1. The topological polar surface area (TPSA) is 51.2 Å². The van der Waals surface area contributed by atoms with E-state index in [-0.39, 0.29) is 17.5 Å². The molecule has 0 atom stereocenters.